The van der Waals surface area contributed by atoms with Crippen LogP contribution in [0.25, 0.3) is 0 Å². The van der Waals surface area contributed by atoms with Crippen LogP contribution >= 0.6 is 11.6 Å². The van der Waals surface area contributed by atoms with Crippen LogP contribution in [0.5, 0.6) is 0 Å². The number of ether oxygens (including phenoxy) is 1. The Labute approximate surface area is 145 Å². The maximum Gasteiger partial charge on any atom is 0.407 e. The van der Waals surface area contributed by atoms with E-state index in [-0.39, 0.29) is 17.5 Å². The second-order valence-electron chi connectivity index (χ2n) is 7.71. The summed E-state index contributed by atoms with van der Waals surface area (Å²) in [6, 6.07) is -0.432. The van der Waals surface area contributed by atoms with E-state index in [1.807, 2.05) is 41.5 Å². The third-order valence-corrected chi connectivity index (χ3v) is 3.43. The summed E-state index contributed by atoms with van der Waals surface area (Å²) >= 11 is 5.63. The number of hydrogen-bond acceptors (Lipinski definition) is 3. The molecular formula is C16H32ClN3O3. The van der Waals surface area contributed by atoms with Crippen LogP contribution in [0.1, 0.15) is 48.0 Å². The quantitative estimate of drug-likeness (QED) is 0.723. The summed E-state index contributed by atoms with van der Waals surface area (Å²) < 4.78 is 5.28. The molecule has 0 aliphatic carbocycles. The molecule has 136 valence electrons. The average Bonchev–Trinajstić information content (AvgIpc) is 2.36. The van der Waals surface area contributed by atoms with Crippen molar-refractivity contribution in [2.75, 3.05) is 26.0 Å². The average molecular weight is 350 g/mol. The first-order valence-electron chi connectivity index (χ1n) is 7.91. The van der Waals surface area contributed by atoms with Gasteiger partial charge in [-0.3, -0.25) is 0 Å². The van der Waals surface area contributed by atoms with Crippen molar-refractivity contribution in [2.24, 2.45) is 5.41 Å². The Kier molecular flexibility index (Phi) is 8.74. The van der Waals surface area contributed by atoms with Gasteiger partial charge in [0.2, 0.25) is 0 Å². The first kappa shape index (κ1) is 21.8. The number of nitrogens with one attached hydrogen (secondary N) is 2. The van der Waals surface area contributed by atoms with Gasteiger partial charge in [0, 0.05) is 26.0 Å². The molecule has 0 fully saturated rings. The standard InChI is InChI=1S/C16H32ClN3O3/c1-15(2,3)12(19-14(22)23-16(4,5)6)11-18-13(21)20(7)10-8-9-17/h12H,8-11H2,1-7H3,(H,18,21)(H,19,22)/t12-/m1/s1. The van der Waals surface area contributed by atoms with Crippen LogP contribution in [0.3, 0.4) is 0 Å². The third kappa shape index (κ3) is 10.3. The first-order valence-corrected chi connectivity index (χ1v) is 8.44. The molecule has 0 radical (unpaired) electrons. The van der Waals surface area contributed by atoms with Crippen molar-refractivity contribution in [3.05, 3.63) is 0 Å². The number of amides is 3. The van der Waals surface area contributed by atoms with Gasteiger partial charge in [-0.05, 0) is 32.6 Å². The van der Waals surface area contributed by atoms with E-state index in [1.54, 1.807) is 11.9 Å². The zero-order valence-electron chi connectivity index (χ0n) is 15.5. The van der Waals surface area contributed by atoms with E-state index in [0.29, 0.717) is 19.0 Å². The molecule has 0 aliphatic rings. The number of rotatable bonds is 6. The van der Waals surface area contributed by atoms with E-state index in [9.17, 15) is 9.59 Å². The highest BCUT2D eigenvalue weighted by molar-refractivity contribution is 6.17. The SMILES string of the molecule is CN(CCCCl)C(=O)NC[C@@H](NC(=O)OC(C)(C)C)C(C)(C)C. The van der Waals surface area contributed by atoms with Gasteiger partial charge in [-0.2, -0.15) is 0 Å². The second-order valence-corrected chi connectivity index (χ2v) is 8.09. The Bertz CT molecular complexity index is 389. The number of halogens is 1. The number of alkyl halides is 1. The third-order valence-electron chi connectivity index (χ3n) is 3.17. The minimum absolute atomic E-state index is 0.185. The normalized spacial score (nSPS) is 13.2. The largest absolute Gasteiger partial charge is 0.444 e. The highest BCUT2D eigenvalue weighted by Gasteiger charge is 2.29. The van der Waals surface area contributed by atoms with Crippen LogP contribution in [-0.2, 0) is 4.74 Å². The number of carbonyl (C=O) groups is 2. The molecule has 0 saturated carbocycles. The highest BCUT2D eigenvalue weighted by Crippen LogP contribution is 2.19. The van der Waals surface area contributed by atoms with Crippen molar-refractivity contribution in [2.45, 2.75) is 59.6 Å². The van der Waals surface area contributed by atoms with Crippen LogP contribution < -0.4 is 10.6 Å². The van der Waals surface area contributed by atoms with Crippen LogP contribution in [0.2, 0.25) is 0 Å². The summed E-state index contributed by atoms with van der Waals surface area (Å²) in [6.45, 7) is 12.3. The van der Waals surface area contributed by atoms with Gasteiger partial charge in [-0.15, -0.1) is 11.6 Å². The van der Waals surface area contributed by atoms with Crippen LogP contribution in [0, 0.1) is 5.41 Å². The van der Waals surface area contributed by atoms with E-state index in [0.717, 1.165) is 6.42 Å². The highest BCUT2D eigenvalue weighted by atomic mass is 35.5. The van der Waals surface area contributed by atoms with Crippen molar-refractivity contribution in [3.8, 4) is 0 Å². The fourth-order valence-electron chi connectivity index (χ4n) is 1.75. The number of nitrogens with zero attached hydrogens (tertiary/aromatic N) is 1. The molecule has 0 heterocycles. The van der Waals surface area contributed by atoms with Gasteiger partial charge in [0.15, 0.2) is 0 Å². The van der Waals surface area contributed by atoms with E-state index in [1.165, 1.54) is 0 Å². The zero-order chi connectivity index (χ0) is 18.3. The lowest BCUT2D eigenvalue weighted by Crippen LogP contribution is -2.53. The smallest absolute Gasteiger partial charge is 0.407 e. The Morgan fingerprint density at radius 2 is 1.74 bits per heavy atom. The fraction of sp³-hybridized carbons (Fsp3) is 0.875. The molecule has 0 aromatic carbocycles. The van der Waals surface area contributed by atoms with Crippen molar-refractivity contribution >= 4 is 23.7 Å². The van der Waals surface area contributed by atoms with Crippen molar-refractivity contribution in [3.63, 3.8) is 0 Å². The lowest BCUT2D eigenvalue weighted by molar-refractivity contribution is 0.0463. The zero-order valence-corrected chi connectivity index (χ0v) is 16.2. The molecule has 0 aromatic heterocycles. The van der Waals surface area contributed by atoms with E-state index in [4.69, 9.17) is 16.3 Å². The minimum Gasteiger partial charge on any atom is -0.444 e. The lowest BCUT2D eigenvalue weighted by atomic mass is 9.87. The molecule has 3 amide bonds. The van der Waals surface area contributed by atoms with Gasteiger partial charge in [-0.25, -0.2) is 9.59 Å². The second kappa shape index (κ2) is 9.21. The van der Waals surface area contributed by atoms with Gasteiger partial charge < -0.3 is 20.3 Å². The summed E-state index contributed by atoms with van der Waals surface area (Å²) in [5, 5.41) is 5.68. The molecule has 0 saturated heterocycles. The topological polar surface area (TPSA) is 70.7 Å². The monoisotopic (exact) mass is 349 g/mol. The molecule has 23 heavy (non-hydrogen) atoms. The summed E-state index contributed by atoms with van der Waals surface area (Å²) in [5.74, 6) is 0.516. The number of urea groups is 1. The molecule has 0 aromatic rings. The number of carbonyl (C=O) groups excluding carboxylic acids is 2. The van der Waals surface area contributed by atoms with Crippen LogP contribution in [0.15, 0.2) is 0 Å². The molecule has 0 aliphatic heterocycles. The maximum absolute atomic E-state index is 12.0. The molecule has 6 nitrogen and oxygen atoms in total. The first-order chi connectivity index (χ1) is 10.4. The van der Waals surface area contributed by atoms with Crippen molar-refractivity contribution in [1.29, 1.82) is 0 Å². The van der Waals surface area contributed by atoms with Gasteiger partial charge in [0.25, 0.3) is 0 Å². The molecule has 1 atom stereocenters. The van der Waals surface area contributed by atoms with Gasteiger partial charge in [0.05, 0.1) is 6.04 Å². The van der Waals surface area contributed by atoms with Crippen molar-refractivity contribution in [1.82, 2.24) is 15.5 Å². The lowest BCUT2D eigenvalue weighted by Gasteiger charge is -2.33. The summed E-state index contributed by atoms with van der Waals surface area (Å²) in [4.78, 5) is 25.6. The maximum atomic E-state index is 12.0. The Morgan fingerprint density at radius 3 is 2.17 bits per heavy atom. The van der Waals surface area contributed by atoms with Gasteiger partial charge in [-0.1, -0.05) is 20.8 Å². The van der Waals surface area contributed by atoms with Crippen molar-refractivity contribution < 1.29 is 14.3 Å². The Morgan fingerprint density at radius 1 is 1.17 bits per heavy atom. The van der Waals surface area contributed by atoms with E-state index in [2.05, 4.69) is 10.6 Å². The van der Waals surface area contributed by atoms with Crippen LogP contribution in [0.4, 0.5) is 9.59 Å². The van der Waals surface area contributed by atoms with E-state index >= 15 is 0 Å². The predicted octanol–water partition coefficient (Wildman–Crippen LogP) is 3.20. The number of alkyl carbamates (subject to hydrolysis) is 1. The molecule has 0 bridgehead atoms. The summed E-state index contributed by atoms with van der Waals surface area (Å²) in [7, 11) is 1.72. The van der Waals surface area contributed by atoms with Gasteiger partial charge in [0.1, 0.15) is 5.60 Å². The minimum atomic E-state index is -0.558. The molecular weight excluding hydrogens is 318 g/mol. The molecule has 7 heteroatoms. The summed E-state index contributed by atoms with van der Waals surface area (Å²) in [6.07, 6.45) is 0.256. The molecule has 0 rings (SSSR count). The molecule has 0 spiro atoms. The van der Waals surface area contributed by atoms with Crippen LogP contribution in [-0.4, -0.2) is 54.7 Å². The molecule has 0 unspecified atom stereocenters. The van der Waals surface area contributed by atoms with Gasteiger partial charge >= 0.3 is 12.1 Å². The number of hydrogen-bond donors (Lipinski definition) is 2. The Hall–Kier alpha value is -1.17. The van der Waals surface area contributed by atoms with E-state index < -0.39 is 11.7 Å². The summed E-state index contributed by atoms with van der Waals surface area (Å²) in [5.41, 5.74) is -0.781. The fourth-order valence-corrected chi connectivity index (χ4v) is 1.87. The Balaban J connectivity index is 4.59. The molecule has 2 N–H and O–H groups in total. The predicted molar refractivity (Wildman–Crippen MR) is 94.0 cm³/mol.